The molecule has 2 atom stereocenters. The van der Waals surface area contributed by atoms with E-state index in [2.05, 4.69) is 35.3 Å². The number of hydrogen-bond acceptors (Lipinski definition) is 4. The molecule has 2 unspecified atom stereocenters. The molecule has 1 fully saturated rings. The van der Waals surface area contributed by atoms with E-state index in [1.54, 1.807) is 0 Å². The Morgan fingerprint density at radius 2 is 2.03 bits per heavy atom. The molecule has 0 amide bonds. The first-order valence-corrected chi connectivity index (χ1v) is 11.1. The van der Waals surface area contributed by atoms with Crippen LogP contribution in [0.15, 0.2) is 42.5 Å². The zero-order chi connectivity index (χ0) is 21.5. The standard InChI is InChI=1S/C24H31ClN2O3/c1-3-17(15-24(28)29)18-7-12-23(27(4-2)21-6-5-13-30-16-21)22(14-18)26-20-10-8-19(25)9-11-20/h7-12,14,17,21,26H,3-6,13,15-16H2,1-2H3,(H,28,29). The number of rotatable bonds is 9. The van der Waals surface area contributed by atoms with Gasteiger partial charge in [0, 0.05) is 23.9 Å². The number of halogens is 1. The van der Waals surface area contributed by atoms with E-state index < -0.39 is 5.97 Å². The van der Waals surface area contributed by atoms with Crippen molar-refractivity contribution in [3.8, 4) is 0 Å². The lowest BCUT2D eigenvalue weighted by Crippen LogP contribution is -2.41. The van der Waals surface area contributed by atoms with Gasteiger partial charge in [-0.05, 0) is 74.1 Å². The number of benzene rings is 2. The SMILES string of the molecule is CCC(CC(=O)O)c1ccc(N(CC)C2CCCOC2)c(Nc2ccc(Cl)cc2)c1. The van der Waals surface area contributed by atoms with Crippen LogP contribution >= 0.6 is 11.6 Å². The molecule has 162 valence electrons. The third kappa shape index (κ3) is 5.67. The maximum Gasteiger partial charge on any atom is 0.303 e. The van der Waals surface area contributed by atoms with Crippen LogP contribution in [0.25, 0.3) is 0 Å². The molecule has 2 aromatic rings. The van der Waals surface area contributed by atoms with Crippen LogP contribution in [0.2, 0.25) is 5.02 Å². The largest absolute Gasteiger partial charge is 0.481 e. The molecular formula is C24H31ClN2O3. The Balaban J connectivity index is 1.98. The summed E-state index contributed by atoms with van der Waals surface area (Å²) < 4.78 is 5.74. The highest BCUT2D eigenvalue weighted by atomic mass is 35.5. The first-order chi connectivity index (χ1) is 14.5. The Kier molecular flexibility index (Phi) is 8.00. The summed E-state index contributed by atoms with van der Waals surface area (Å²) in [5.74, 6) is -0.789. The maximum absolute atomic E-state index is 11.3. The summed E-state index contributed by atoms with van der Waals surface area (Å²) in [7, 11) is 0. The number of carboxylic acid groups (broad SMARTS) is 1. The van der Waals surface area contributed by atoms with E-state index in [1.165, 1.54) is 0 Å². The number of nitrogens with one attached hydrogen (secondary N) is 1. The van der Waals surface area contributed by atoms with Crippen molar-refractivity contribution in [1.82, 2.24) is 0 Å². The normalized spacial score (nSPS) is 17.4. The number of aliphatic carboxylic acids is 1. The number of likely N-dealkylation sites (N-methyl/N-ethyl adjacent to an activating group) is 1. The first-order valence-electron chi connectivity index (χ1n) is 10.7. The van der Waals surface area contributed by atoms with Gasteiger partial charge in [0.2, 0.25) is 0 Å². The number of anilines is 3. The lowest BCUT2D eigenvalue weighted by molar-refractivity contribution is -0.137. The van der Waals surface area contributed by atoms with Crippen LogP contribution in [0.4, 0.5) is 17.1 Å². The fourth-order valence-corrected chi connectivity index (χ4v) is 4.28. The van der Waals surface area contributed by atoms with E-state index in [0.29, 0.717) is 11.1 Å². The highest BCUT2D eigenvalue weighted by molar-refractivity contribution is 6.30. The predicted molar refractivity (Wildman–Crippen MR) is 123 cm³/mol. The van der Waals surface area contributed by atoms with Crippen molar-refractivity contribution in [2.75, 3.05) is 30.0 Å². The molecule has 0 spiro atoms. The van der Waals surface area contributed by atoms with Gasteiger partial charge in [-0.1, -0.05) is 24.6 Å². The third-order valence-electron chi connectivity index (χ3n) is 5.76. The Morgan fingerprint density at radius 1 is 1.27 bits per heavy atom. The molecule has 0 bridgehead atoms. The summed E-state index contributed by atoms with van der Waals surface area (Å²) in [6, 6.07) is 14.3. The van der Waals surface area contributed by atoms with Gasteiger partial charge in [-0.3, -0.25) is 4.79 Å². The van der Waals surface area contributed by atoms with Crippen molar-refractivity contribution in [3.63, 3.8) is 0 Å². The van der Waals surface area contributed by atoms with E-state index >= 15 is 0 Å². The van der Waals surface area contributed by atoms with Gasteiger partial charge in [0.15, 0.2) is 0 Å². The monoisotopic (exact) mass is 430 g/mol. The van der Waals surface area contributed by atoms with Crippen LogP contribution in [0, 0.1) is 0 Å². The van der Waals surface area contributed by atoms with E-state index in [4.69, 9.17) is 16.3 Å². The second-order valence-corrected chi connectivity index (χ2v) is 8.20. The summed E-state index contributed by atoms with van der Waals surface area (Å²) >= 11 is 6.05. The molecule has 1 saturated heterocycles. The molecule has 0 radical (unpaired) electrons. The second kappa shape index (κ2) is 10.7. The summed E-state index contributed by atoms with van der Waals surface area (Å²) in [5.41, 5.74) is 4.07. The van der Waals surface area contributed by atoms with Gasteiger partial charge in [-0.2, -0.15) is 0 Å². The average Bonchev–Trinajstić information content (AvgIpc) is 2.76. The first kappa shape index (κ1) is 22.4. The molecule has 1 heterocycles. The van der Waals surface area contributed by atoms with E-state index in [1.807, 2.05) is 31.2 Å². The van der Waals surface area contributed by atoms with Crippen LogP contribution < -0.4 is 10.2 Å². The van der Waals surface area contributed by atoms with Crippen molar-refractivity contribution >= 4 is 34.6 Å². The van der Waals surface area contributed by atoms with Crippen molar-refractivity contribution in [3.05, 3.63) is 53.1 Å². The molecule has 5 nitrogen and oxygen atoms in total. The maximum atomic E-state index is 11.3. The average molecular weight is 431 g/mol. The molecule has 2 N–H and O–H groups in total. The van der Waals surface area contributed by atoms with Crippen LogP contribution in [-0.4, -0.2) is 36.9 Å². The fraction of sp³-hybridized carbons (Fsp3) is 0.458. The van der Waals surface area contributed by atoms with Crippen molar-refractivity contribution in [2.45, 2.75) is 51.5 Å². The molecule has 2 aromatic carbocycles. The Labute approximate surface area is 184 Å². The van der Waals surface area contributed by atoms with E-state index in [-0.39, 0.29) is 12.3 Å². The Bertz CT molecular complexity index is 835. The van der Waals surface area contributed by atoms with Gasteiger partial charge in [-0.15, -0.1) is 0 Å². The number of carbonyl (C=O) groups is 1. The summed E-state index contributed by atoms with van der Waals surface area (Å²) in [5, 5.41) is 13.5. The molecule has 0 saturated carbocycles. The second-order valence-electron chi connectivity index (χ2n) is 7.77. The Hall–Kier alpha value is -2.24. The highest BCUT2D eigenvalue weighted by Crippen LogP contribution is 2.36. The van der Waals surface area contributed by atoms with Crippen LogP contribution in [0.3, 0.4) is 0 Å². The summed E-state index contributed by atoms with van der Waals surface area (Å²) in [6.07, 6.45) is 3.08. The Morgan fingerprint density at radius 3 is 2.63 bits per heavy atom. The number of carboxylic acids is 1. The topological polar surface area (TPSA) is 61.8 Å². The minimum atomic E-state index is -0.771. The quantitative estimate of drug-likeness (QED) is 0.506. The number of ether oxygens (including phenoxy) is 1. The smallest absolute Gasteiger partial charge is 0.303 e. The predicted octanol–water partition coefficient (Wildman–Crippen LogP) is 6.06. The van der Waals surface area contributed by atoms with Crippen molar-refractivity contribution in [2.24, 2.45) is 0 Å². The van der Waals surface area contributed by atoms with Crippen molar-refractivity contribution < 1.29 is 14.6 Å². The lowest BCUT2D eigenvalue weighted by atomic mass is 9.92. The third-order valence-corrected chi connectivity index (χ3v) is 6.01. The molecule has 3 rings (SSSR count). The van der Waals surface area contributed by atoms with Crippen LogP contribution in [-0.2, 0) is 9.53 Å². The summed E-state index contributed by atoms with van der Waals surface area (Å²) in [6.45, 7) is 6.62. The number of hydrogen-bond donors (Lipinski definition) is 2. The highest BCUT2D eigenvalue weighted by Gasteiger charge is 2.24. The van der Waals surface area contributed by atoms with Gasteiger partial charge in [0.1, 0.15) is 0 Å². The minimum Gasteiger partial charge on any atom is -0.481 e. The molecular weight excluding hydrogens is 400 g/mol. The number of nitrogens with zero attached hydrogens (tertiary/aromatic N) is 1. The minimum absolute atomic E-state index is 0.0181. The van der Waals surface area contributed by atoms with E-state index in [9.17, 15) is 9.90 Å². The molecule has 6 heteroatoms. The van der Waals surface area contributed by atoms with Gasteiger partial charge in [-0.25, -0.2) is 0 Å². The molecule has 0 aliphatic carbocycles. The van der Waals surface area contributed by atoms with Gasteiger partial charge in [0.25, 0.3) is 0 Å². The van der Waals surface area contributed by atoms with Crippen LogP contribution in [0.1, 0.15) is 51.0 Å². The van der Waals surface area contributed by atoms with Gasteiger partial charge in [0.05, 0.1) is 30.4 Å². The van der Waals surface area contributed by atoms with E-state index in [0.717, 1.165) is 61.6 Å². The molecule has 1 aliphatic rings. The molecule has 0 aromatic heterocycles. The summed E-state index contributed by atoms with van der Waals surface area (Å²) in [4.78, 5) is 13.7. The fourth-order valence-electron chi connectivity index (χ4n) is 4.15. The molecule has 1 aliphatic heterocycles. The lowest BCUT2D eigenvalue weighted by Gasteiger charge is -2.36. The zero-order valence-corrected chi connectivity index (χ0v) is 18.5. The zero-order valence-electron chi connectivity index (χ0n) is 17.7. The van der Waals surface area contributed by atoms with Crippen LogP contribution in [0.5, 0.6) is 0 Å². The van der Waals surface area contributed by atoms with Gasteiger partial charge >= 0.3 is 5.97 Å². The molecule has 30 heavy (non-hydrogen) atoms. The van der Waals surface area contributed by atoms with Crippen molar-refractivity contribution in [1.29, 1.82) is 0 Å². The van der Waals surface area contributed by atoms with Gasteiger partial charge < -0.3 is 20.1 Å².